The van der Waals surface area contributed by atoms with E-state index in [-0.39, 0.29) is 28.6 Å². The number of carboxylic acid groups (broad SMARTS) is 1. The molecule has 2 rings (SSSR count). The number of alkyl halides is 2. The molecule has 0 radical (unpaired) electrons. The quantitative estimate of drug-likeness (QED) is 0.747. The SMILES string of the molecule is CC(C)(C)[Si](C)(C)OCc1nnn(-c2ccc(C(F)F)cc2)c1C(=O)O. The van der Waals surface area contributed by atoms with E-state index in [1.807, 2.05) is 0 Å². The minimum atomic E-state index is -2.59. The molecule has 1 N–H and O–H groups in total. The van der Waals surface area contributed by atoms with Crippen LogP contribution in [0.5, 0.6) is 0 Å². The summed E-state index contributed by atoms with van der Waals surface area (Å²) in [5, 5.41) is 17.3. The minimum Gasteiger partial charge on any atom is -0.476 e. The first-order chi connectivity index (χ1) is 11.9. The zero-order chi connectivity index (χ0) is 19.7. The first-order valence-electron chi connectivity index (χ1n) is 8.14. The van der Waals surface area contributed by atoms with Crippen LogP contribution >= 0.6 is 0 Å². The van der Waals surface area contributed by atoms with Crippen molar-refractivity contribution in [1.29, 1.82) is 0 Å². The average Bonchev–Trinajstić information content (AvgIpc) is 2.96. The second-order valence-corrected chi connectivity index (χ2v) is 12.4. The van der Waals surface area contributed by atoms with Gasteiger partial charge in [0.15, 0.2) is 14.0 Å². The van der Waals surface area contributed by atoms with Gasteiger partial charge >= 0.3 is 5.97 Å². The van der Waals surface area contributed by atoms with Gasteiger partial charge in [-0.05, 0) is 30.3 Å². The zero-order valence-electron chi connectivity index (χ0n) is 15.5. The second kappa shape index (κ2) is 7.24. The predicted molar refractivity (Wildman–Crippen MR) is 95.3 cm³/mol. The fourth-order valence-corrected chi connectivity index (χ4v) is 2.96. The van der Waals surface area contributed by atoms with E-state index in [0.717, 1.165) is 4.68 Å². The van der Waals surface area contributed by atoms with E-state index in [2.05, 4.69) is 44.2 Å². The van der Waals surface area contributed by atoms with Crippen LogP contribution in [-0.2, 0) is 11.0 Å². The molecule has 0 aliphatic carbocycles. The summed E-state index contributed by atoms with van der Waals surface area (Å²) in [4.78, 5) is 11.7. The van der Waals surface area contributed by atoms with Gasteiger partial charge in [-0.25, -0.2) is 18.3 Å². The largest absolute Gasteiger partial charge is 0.476 e. The highest BCUT2D eigenvalue weighted by Crippen LogP contribution is 2.37. The van der Waals surface area contributed by atoms with Crippen molar-refractivity contribution in [2.45, 2.75) is 51.9 Å². The third kappa shape index (κ3) is 4.16. The third-order valence-corrected chi connectivity index (χ3v) is 9.19. The van der Waals surface area contributed by atoms with Gasteiger partial charge in [0.25, 0.3) is 6.43 Å². The Hall–Kier alpha value is -2.13. The first kappa shape index (κ1) is 20.2. The molecule has 1 aromatic heterocycles. The Morgan fingerprint density at radius 1 is 1.27 bits per heavy atom. The maximum Gasteiger partial charge on any atom is 0.356 e. The van der Waals surface area contributed by atoms with Gasteiger partial charge in [-0.2, -0.15) is 0 Å². The number of hydrogen-bond acceptors (Lipinski definition) is 4. The summed E-state index contributed by atoms with van der Waals surface area (Å²) >= 11 is 0. The molecule has 0 saturated carbocycles. The van der Waals surface area contributed by atoms with Crippen molar-refractivity contribution in [3.8, 4) is 5.69 Å². The van der Waals surface area contributed by atoms with Crippen molar-refractivity contribution in [3.63, 3.8) is 0 Å². The number of hydrogen-bond donors (Lipinski definition) is 1. The number of nitrogens with zero attached hydrogens (tertiary/aromatic N) is 3. The average molecular weight is 383 g/mol. The van der Waals surface area contributed by atoms with E-state index in [9.17, 15) is 18.7 Å². The predicted octanol–water partition coefficient (Wildman–Crippen LogP) is 4.42. The van der Waals surface area contributed by atoms with Gasteiger partial charge in [0.1, 0.15) is 5.69 Å². The molecule has 142 valence electrons. The molecular weight excluding hydrogens is 360 g/mol. The van der Waals surface area contributed by atoms with Crippen LogP contribution < -0.4 is 0 Å². The molecule has 26 heavy (non-hydrogen) atoms. The highest BCUT2D eigenvalue weighted by atomic mass is 28.4. The minimum absolute atomic E-state index is 0.0303. The van der Waals surface area contributed by atoms with Crippen LogP contribution in [0.1, 0.15) is 48.9 Å². The molecule has 0 atom stereocenters. The molecule has 0 bridgehead atoms. The maximum absolute atomic E-state index is 12.7. The Morgan fingerprint density at radius 2 is 1.85 bits per heavy atom. The van der Waals surface area contributed by atoms with Crippen molar-refractivity contribution >= 4 is 14.3 Å². The highest BCUT2D eigenvalue weighted by Gasteiger charge is 2.37. The Kier molecular flexibility index (Phi) is 5.62. The van der Waals surface area contributed by atoms with E-state index in [1.165, 1.54) is 24.3 Å². The molecule has 9 heteroatoms. The van der Waals surface area contributed by atoms with Crippen molar-refractivity contribution < 1.29 is 23.1 Å². The van der Waals surface area contributed by atoms with E-state index in [4.69, 9.17) is 4.43 Å². The molecule has 0 amide bonds. The van der Waals surface area contributed by atoms with Gasteiger partial charge < -0.3 is 9.53 Å². The number of carboxylic acids is 1. The summed E-state index contributed by atoms with van der Waals surface area (Å²) in [6.07, 6.45) is -2.59. The molecule has 0 aliphatic heterocycles. The summed E-state index contributed by atoms with van der Waals surface area (Å²) in [6, 6.07) is 5.25. The summed E-state index contributed by atoms with van der Waals surface area (Å²) in [5.41, 5.74) is 0.277. The summed E-state index contributed by atoms with van der Waals surface area (Å²) in [6.45, 7) is 10.4. The molecule has 0 spiro atoms. The summed E-state index contributed by atoms with van der Waals surface area (Å²) < 4.78 is 32.5. The monoisotopic (exact) mass is 383 g/mol. The molecule has 0 unspecified atom stereocenters. The lowest BCUT2D eigenvalue weighted by Crippen LogP contribution is -2.40. The van der Waals surface area contributed by atoms with Crippen LogP contribution in [0, 0.1) is 0 Å². The van der Waals surface area contributed by atoms with Crippen LogP contribution in [0.4, 0.5) is 8.78 Å². The molecular formula is C17H23F2N3O3Si. The van der Waals surface area contributed by atoms with Crippen LogP contribution in [0.25, 0.3) is 5.69 Å². The molecule has 0 fully saturated rings. The van der Waals surface area contributed by atoms with Crippen molar-refractivity contribution in [3.05, 3.63) is 41.2 Å². The number of aromatic nitrogens is 3. The summed E-state index contributed by atoms with van der Waals surface area (Å²) in [7, 11) is -2.09. The van der Waals surface area contributed by atoms with E-state index < -0.39 is 20.7 Å². The maximum atomic E-state index is 12.7. The fourth-order valence-electron chi connectivity index (χ4n) is 2.03. The number of rotatable bonds is 6. The molecule has 1 heterocycles. The van der Waals surface area contributed by atoms with Crippen molar-refractivity contribution in [2.24, 2.45) is 0 Å². The topological polar surface area (TPSA) is 77.2 Å². The Morgan fingerprint density at radius 3 is 2.31 bits per heavy atom. The number of aromatic carboxylic acids is 1. The lowest BCUT2D eigenvalue weighted by molar-refractivity contribution is 0.0683. The number of halogens is 2. The zero-order valence-corrected chi connectivity index (χ0v) is 16.5. The van der Waals surface area contributed by atoms with E-state index >= 15 is 0 Å². The van der Waals surface area contributed by atoms with Crippen LogP contribution in [0.15, 0.2) is 24.3 Å². The van der Waals surface area contributed by atoms with Gasteiger partial charge in [-0.15, -0.1) is 5.10 Å². The molecule has 6 nitrogen and oxygen atoms in total. The van der Waals surface area contributed by atoms with Crippen molar-refractivity contribution in [2.75, 3.05) is 0 Å². The molecule has 1 aromatic carbocycles. The Balaban J connectivity index is 2.32. The smallest absolute Gasteiger partial charge is 0.356 e. The summed E-state index contributed by atoms with van der Waals surface area (Å²) in [5.74, 6) is -1.21. The van der Waals surface area contributed by atoms with Gasteiger partial charge in [-0.3, -0.25) is 0 Å². The highest BCUT2D eigenvalue weighted by molar-refractivity contribution is 6.74. The van der Waals surface area contributed by atoms with Gasteiger partial charge in [0.2, 0.25) is 0 Å². The molecule has 0 saturated heterocycles. The lowest BCUT2D eigenvalue weighted by Gasteiger charge is -2.35. The van der Waals surface area contributed by atoms with E-state index in [0.29, 0.717) is 5.69 Å². The van der Waals surface area contributed by atoms with Crippen LogP contribution in [-0.4, -0.2) is 34.4 Å². The Labute approximate surface area is 151 Å². The lowest BCUT2D eigenvalue weighted by atomic mass is 10.2. The van der Waals surface area contributed by atoms with Crippen LogP contribution in [0.3, 0.4) is 0 Å². The number of carbonyl (C=O) groups is 1. The first-order valence-corrected chi connectivity index (χ1v) is 11.0. The second-order valence-electron chi connectivity index (χ2n) is 7.54. The third-order valence-electron chi connectivity index (χ3n) is 4.71. The van der Waals surface area contributed by atoms with E-state index in [1.54, 1.807) is 0 Å². The van der Waals surface area contributed by atoms with Crippen LogP contribution in [0.2, 0.25) is 18.1 Å². The normalized spacial score (nSPS) is 12.6. The molecule has 2 aromatic rings. The van der Waals surface area contributed by atoms with Gasteiger partial charge in [0, 0.05) is 5.56 Å². The molecule has 0 aliphatic rings. The number of benzene rings is 1. The standard InChI is InChI=1S/C17H23F2N3O3Si/c1-17(2,3)26(4,5)25-10-13-14(16(23)24)22(21-20-13)12-8-6-11(7-9-12)15(18)19/h6-9,15H,10H2,1-5H3,(H,23,24). The van der Waals surface area contributed by atoms with Gasteiger partial charge in [0.05, 0.1) is 12.3 Å². The van der Waals surface area contributed by atoms with Gasteiger partial charge in [-0.1, -0.05) is 38.1 Å². The van der Waals surface area contributed by atoms with Crippen molar-refractivity contribution in [1.82, 2.24) is 15.0 Å². The fraction of sp³-hybridized carbons (Fsp3) is 0.471. The Bertz CT molecular complexity index is 784.